The van der Waals surface area contributed by atoms with E-state index in [0.717, 1.165) is 44.5 Å². The number of thiophene rings is 2. The van der Waals surface area contributed by atoms with E-state index in [-0.39, 0.29) is 11.5 Å². The lowest BCUT2D eigenvalue weighted by atomic mass is 9.64. The van der Waals surface area contributed by atoms with E-state index in [4.69, 9.17) is 0 Å². The minimum absolute atomic E-state index is 0.227. The summed E-state index contributed by atoms with van der Waals surface area (Å²) in [5.74, 6) is 0.453. The fourth-order valence-corrected chi connectivity index (χ4v) is 11.3. The van der Waals surface area contributed by atoms with Crippen LogP contribution in [-0.4, -0.2) is 10.2 Å². The summed E-state index contributed by atoms with van der Waals surface area (Å²) in [6.45, 7) is 0. The molecule has 0 atom stereocenters. The van der Waals surface area contributed by atoms with Crippen molar-refractivity contribution in [3.05, 3.63) is 216 Å². The molecule has 8 aromatic carbocycles. The van der Waals surface area contributed by atoms with Crippen LogP contribution in [0.15, 0.2) is 194 Å². The van der Waals surface area contributed by atoms with Crippen LogP contribution in [-0.2, 0) is 5.41 Å². The van der Waals surface area contributed by atoms with Crippen LogP contribution in [0.2, 0.25) is 0 Å². The second kappa shape index (κ2) is 13.2. The molecule has 0 unspecified atom stereocenters. The van der Waals surface area contributed by atoms with Gasteiger partial charge in [-0.3, -0.25) is 0 Å². The van der Waals surface area contributed by atoms with Gasteiger partial charge in [0.2, 0.25) is 0 Å². The molecular weight excluding hydrogens is 733 g/mol. The lowest BCUT2D eigenvalue weighted by molar-refractivity contribution is 0.477. The third kappa shape index (κ3) is 5.22. The van der Waals surface area contributed by atoms with Gasteiger partial charge in [-0.1, -0.05) is 146 Å². The van der Waals surface area contributed by atoms with E-state index in [1.807, 2.05) is 71.2 Å². The van der Waals surface area contributed by atoms with Crippen molar-refractivity contribution in [1.29, 1.82) is 0 Å². The van der Waals surface area contributed by atoms with Gasteiger partial charge < -0.3 is 10.2 Å². The molecule has 0 radical (unpaired) electrons. The first-order chi connectivity index (χ1) is 28.1. The lowest BCUT2D eigenvalue weighted by Crippen LogP contribution is -2.30. The van der Waals surface area contributed by atoms with Gasteiger partial charge in [-0.25, -0.2) is 0 Å². The molecule has 270 valence electrons. The first-order valence-corrected chi connectivity index (χ1v) is 20.7. The van der Waals surface area contributed by atoms with Crippen LogP contribution < -0.4 is 0 Å². The molecule has 2 nitrogen and oxygen atoms in total. The Hall–Kier alpha value is -6.72. The number of fused-ring (bicyclic) bond motifs is 5. The molecule has 0 fully saturated rings. The summed E-state index contributed by atoms with van der Waals surface area (Å²) in [5, 5.41) is 25.6. The Morgan fingerprint density at radius 1 is 0.333 bits per heavy atom. The molecule has 2 aromatic heterocycles. The van der Waals surface area contributed by atoms with Gasteiger partial charge in [0.05, 0.1) is 5.41 Å². The fraction of sp³-hybridized carbons (Fsp3) is 0.0189. The maximum Gasteiger partial charge on any atom is 0.123 e. The van der Waals surface area contributed by atoms with E-state index in [1.165, 1.54) is 52.2 Å². The zero-order valence-corrected chi connectivity index (χ0v) is 32.3. The maximum absolute atomic E-state index is 11.6. The number of benzene rings is 8. The highest BCUT2D eigenvalue weighted by Crippen LogP contribution is 2.63. The normalized spacial score (nSPS) is 12.8. The average molecular weight is 767 g/mol. The van der Waals surface area contributed by atoms with Gasteiger partial charge in [0.15, 0.2) is 0 Å². The Bertz CT molecular complexity index is 2870. The Kier molecular flexibility index (Phi) is 7.78. The van der Waals surface area contributed by atoms with Crippen LogP contribution in [0.4, 0.5) is 0 Å². The van der Waals surface area contributed by atoms with E-state index in [1.54, 1.807) is 0 Å². The van der Waals surface area contributed by atoms with E-state index in [2.05, 4.69) is 146 Å². The van der Waals surface area contributed by atoms with Crippen molar-refractivity contribution < 1.29 is 10.2 Å². The minimum Gasteiger partial charge on any atom is -0.507 e. The summed E-state index contributed by atoms with van der Waals surface area (Å²) >= 11 is 3.63. The summed E-state index contributed by atoms with van der Waals surface area (Å²) in [7, 11) is 0. The van der Waals surface area contributed by atoms with Crippen LogP contribution in [0, 0.1) is 0 Å². The Morgan fingerprint density at radius 3 is 1.18 bits per heavy atom. The molecule has 1 aliphatic rings. The van der Waals surface area contributed by atoms with E-state index < -0.39 is 5.41 Å². The quantitative estimate of drug-likeness (QED) is 0.177. The number of phenols is 2. The summed E-state index contributed by atoms with van der Waals surface area (Å²) in [6.07, 6.45) is 0. The number of aromatic hydroxyl groups is 2. The zero-order valence-electron chi connectivity index (χ0n) is 30.7. The first-order valence-electron chi connectivity index (χ1n) is 19.1. The number of phenolic OH excluding ortho intramolecular Hbond substituents is 2. The first kappa shape index (κ1) is 33.6. The second-order valence-electron chi connectivity index (χ2n) is 14.7. The number of hydrogen-bond donors (Lipinski definition) is 2. The molecule has 0 saturated carbocycles. The molecule has 57 heavy (non-hydrogen) atoms. The largest absolute Gasteiger partial charge is 0.507 e. The van der Waals surface area contributed by atoms with E-state index in [9.17, 15) is 10.2 Å². The van der Waals surface area contributed by atoms with Gasteiger partial charge in [0.25, 0.3) is 0 Å². The summed E-state index contributed by atoms with van der Waals surface area (Å²) in [5.41, 5.74) is 11.6. The maximum atomic E-state index is 11.6. The van der Waals surface area contributed by atoms with Crippen molar-refractivity contribution in [1.82, 2.24) is 0 Å². The van der Waals surface area contributed by atoms with Crippen LogP contribution in [0.5, 0.6) is 11.5 Å². The number of hydrogen-bond acceptors (Lipinski definition) is 4. The molecule has 0 saturated heterocycles. The summed E-state index contributed by atoms with van der Waals surface area (Å²) in [4.78, 5) is 2.38. The smallest absolute Gasteiger partial charge is 0.123 e. The molecule has 10 aromatic rings. The Balaban J connectivity index is 1.33. The molecule has 1 aliphatic carbocycles. The minimum atomic E-state index is -0.890. The van der Waals surface area contributed by atoms with Gasteiger partial charge in [-0.15, -0.1) is 22.7 Å². The van der Waals surface area contributed by atoms with Crippen molar-refractivity contribution in [3.63, 3.8) is 0 Å². The van der Waals surface area contributed by atoms with Crippen LogP contribution in [0.1, 0.15) is 22.3 Å². The predicted molar refractivity (Wildman–Crippen MR) is 240 cm³/mol. The third-order valence-electron chi connectivity index (χ3n) is 11.6. The van der Waals surface area contributed by atoms with Crippen molar-refractivity contribution in [2.24, 2.45) is 0 Å². The number of rotatable bonds is 6. The van der Waals surface area contributed by atoms with Crippen molar-refractivity contribution in [2.45, 2.75) is 5.41 Å². The van der Waals surface area contributed by atoms with Gasteiger partial charge in [0, 0.05) is 30.3 Å². The standard InChI is InChI=1S/C53H34O2S2/c54-45-27-25-37(31-43(45)33-13-3-1-4-14-33)53(38-26-28-46(55)44(32-38)34-15-5-2-6-16-34)51-39(19-11-21-41(51)49-29-35-17-7-9-23-47(35)56-49)40-20-12-22-42(52(40)53)50-30-36-18-8-10-24-48(36)57-50/h1-32,54-55H. The molecule has 0 aliphatic heterocycles. The predicted octanol–water partition coefficient (Wildman–Crippen LogP) is 14.6. The molecule has 0 spiro atoms. The second-order valence-corrected chi connectivity index (χ2v) is 16.9. The Labute approximate surface area is 338 Å². The highest BCUT2D eigenvalue weighted by molar-refractivity contribution is 7.22. The molecule has 4 heteroatoms. The SMILES string of the molecule is Oc1ccc(C2(c3ccc(O)c(-c4ccccc4)c3)c3c(-c4cc5ccccc5s4)cccc3-c3cccc(-c4cc5ccccc5s4)c32)cc1-c1ccccc1. The highest BCUT2D eigenvalue weighted by Gasteiger charge is 2.50. The van der Waals surface area contributed by atoms with Crippen molar-refractivity contribution in [3.8, 4) is 65.8 Å². The van der Waals surface area contributed by atoms with Gasteiger partial charge in [-0.05, 0) is 115 Å². The van der Waals surface area contributed by atoms with Crippen LogP contribution in [0.25, 0.3) is 74.4 Å². The van der Waals surface area contributed by atoms with Gasteiger partial charge >= 0.3 is 0 Å². The lowest BCUT2D eigenvalue weighted by Gasteiger charge is -2.37. The molecule has 0 bridgehead atoms. The van der Waals surface area contributed by atoms with Crippen LogP contribution in [0.3, 0.4) is 0 Å². The molecular formula is C53H34O2S2. The molecule has 2 N–H and O–H groups in total. The van der Waals surface area contributed by atoms with E-state index in [0.29, 0.717) is 0 Å². The highest BCUT2D eigenvalue weighted by atomic mass is 32.1. The monoisotopic (exact) mass is 766 g/mol. The van der Waals surface area contributed by atoms with Crippen molar-refractivity contribution >= 4 is 42.8 Å². The molecule has 0 amide bonds. The van der Waals surface area contributed by atoms with Crippen LogP contribution >= 0.6 is 22.7 Å². The zero-order chi connectivity index (χ0) is 38.1. The van der Waals surface area contributed by atoms with Gasteiger partial charge in [0.1, 0.15) is 11.5 Å². The van der Waals surface area contributed by atoms with Crippen molar-refractivity contribution in [2.75, 3.05) is 0 Å². The summed E-state index contributed by atoms with van der Waals surface area (Å²) < 4.78 is 2.48. The third-order valence-corrected chi connectivity index (χ3v) is 13.9. The molecule has 11 rings (SSSR count). The Morgan fingerprint density at radius 2 is 0.737 bits per heavy atom. The average Bonchev–Trinajstić information content (AvgIpc) is 3.98. The van der Waals surface area contributed by atoms with Gasteiger partial charge in [-0.2, -0.15) is 0 Å². The fourth-order valence-electron chi connectivity index (χ4n) is 9.11. The molecule has 2 heterocycles. The van der Waals surface area contributed by atoms with E-state index >= 15 is 0 Å². The summed E-state index contributed by atoms with van der Waals surface area (Å²) in [6, 6.07) is 68.0. The topological polar surface area (TPSA) is 40.5 Å².